The molecule has 5 atom stereocenters. The van der Waals surface area contributed by atoms with Crippen LogP contribution < -0.4 is 10.6 Å². The summed E-state index contributed by atoms with van der Waals surface area (Å²) in [4.78, 5) is 43.2. The average molecular weight is 547 g/mol. The van der Waals surface area contributed by atoms with E-state index in [4.69, 9.17) is 4.74 Å². The Bertz CT molecular complexity index is 1430. The normalized spacial score (nSPS) is 28.7. The molecule has 2 bridgehead atoms. The van der Waals surface area contributed by atoms with Crippen molar-refractivity contribution in [1.29, 1.82) is 0 Å². The van der Waals surface area contributed by atoms with Gasteiger partial charge in [-0.05, 0) is 43.4 Å². The summed E-state index contributed by atoms with van der Waals surface area (Å²) in [6, 6.07) is 16.1. The van der Waals surface area contributed by atoms with Gasteiger partial charge in [0.05, 0.1) is 23.0 Å². The predicted molar refractivity (Wildman–Crippen MR) is 144 cm³/mol. The van der Waals surface area contributed by atoms with Crippen LogP contribution in [0.4, 0.5) is 0 Å². The van der Waals surface area contributed by atoms with Crippen molar-refractivity contribution in [2.45, 2.75) is 63.1 Å². The lowest BCUT2D eigenvalue weighted by Crippen LogP contribution is -2.55. The number of carbonyl (C=O) groups excluding carboxylic acids is 3. The molecule has 3 saturated heterocycles. The van der Waals surface area contributed by atoms with E-state index in [2.05, 4.69) is 20.9 Å². The molecule has 210 valence electrons. The maximum Gasteiger partial charge on any atom is 0.247 e. The molecule has 3 amide bonds. The Balaban J connectivity index is 1.28. The highest BCUT2D eigenvalue weighted by molar-refractivity contribution is 5.99. The van der Waals surface area contributed by atoms with Gasteiger partial charge in [-0.3, -0.25) is 14.4 Å². The van der Waals surface area contributed by atoms with Gasteiger partial charge in [0.25, 0.3) is 0 Å². The van der Waals surface area contributed by atoms with E-state index < -0.39 is 29.1 Å². The molecule has 3 N–H and O–H groups in total. The molecular formula is C29H34N6O5. The molecule has 0 aliphatic carbocycles. The number of carbonyl (C=O) groups is 3. The third-order valence-corrected chi connectivity index (χ3v) is 8.90. The number of nitrogens with one attached hydrogen (secondary N) is 2. The monoisotopic (exact) mass is 546 g/mol. The molecule has 1 aromatic heterocycles. The van der Waals surface area contributed by atoms with E-state index in [0.29, 0.717) is 37.7 Å². The zero-order chi connectivity index (χ0) is 27.9. The van der Waals surface area contributed by atoms with Gasteiger partial charge in [-0.1, -0.05) is 54.6 Å². The summed E-state index contributed by atoms with van der Waals surface area (Å²) in [6.45, 7) is 2.45. The third kappa shape index (κ3) is 4.06. The molecule has 6 rings (SSSR count). The highest BCUT2D eigenvalue weighted by Gasteiger charge is 2.78. The smallest absolute Gasteiger partial charge is 0.247 e. The van der Waals surface area contributed by atoms with E-state index in [9.17, 15) is 19.5 Å². The summed E-state index contributed by atoms with van der Waals surface area (Å²) in [5.74, 6) is -2.36. The van der Waals surface area contributed by atoms with Gasteiger partial charge >= 0.3 is 0 Å². The van der Waals surface area contributed by atoms with Crippen molar-refractivity contribution in [1.82, 2.24) is 30.5 Å². The highest BCUT2D eigenvalue weighted by atomic mass is 16.5. The molecule has 3 aliphatic rings. The molecule has 3 aromatic rings. The van der Waals surface area contributed by atoms with Gasteiger partial charge in [0.2, 0.25) is 17.7 Å². The number of aromatic nitrogens is 3. The van der Waals surface area contributed by atoms with Crippen LogP contribution in [-0.2, 0) is 32.3 Å². The summed E-state index contributed by atoms with van der Waals surface area (Å²) in [5.41, 5.74) is 0.511. The van der Waals surface area contributed by atoms with Gasteiger partial charge in [0.1, 0.15) is 23.8 Å². The molecule has 11 nitrogen and oxygen atoms in total. The molecule has 40 heavy (non-hydrogen) atoms. The van der Waals surface area contributed by atoms with E-state index >= 15 is 0 Å². The first-order valence-electron chi connectivity index (χ1n) is 13.9. The fourth-order valence-electron chi connectivity index (χ4n) is 7.08. The topological polar surface area (TPSA) is 139 Å². The van der Waals surface area contributed by atoms with E-state index in [-0.39, 0.29) is 37.5 Å². The number of nitrogens with zero attached hydrogens (tertiary/aromatic N) is 4. The lowest BCUT2D eigenvalue weighted by molar-refractivity contribution is -0.148. The van der Waals surface area contributed by atoms with E-state index in [0.717, 1.165) is 11.1 Å². The van der Waals surface area contributed by atoms with Crippen LogP contribution in [0.1, 0.15) is 38.2 Å². The van der Waals surface area contributed by atoms with Gasteiger partial charge < -0.3 is 25.4 Å². The zero-order valence-electron chi connectivity index (χ0n) is 22.5. The second-order valence-electron chi connectivity index (χ2n) is 10.9. The van der Waals surface area contributed by atoms with Crippen LogP contribution in [0.2, 0.25) is 0 Å². The first kappa shape index (κ1) is 26.4. The number of hydrogen-bond donors (Lipinski definition) is 3. The van der Waals surface area contributed by atoms with Crippen LogP contribution in [-0.4, -0.2) is 73.1 Å². The SMILES string of the molecule is CC[C@]12CCC3(O1)C(C(=O)NCn1nnc4ccccc41)N(CCCO)C(=O)[C@@H]3[C@H]2C(=O)NCc1ccccc1. The summed E-state index contributed by atoms with van der Waals surface area (Å²) >= 11 is 0. The molecule has 2 aromatic carbocycles. The quantitative estimate of drug-likeness (QED) is 0.349. The maximum atomic E-state index is 14.0. The predicted octanol–water partition coefficient (Wildman–Crippen LogP) is 1.36. The summed E-state index contributed by atoms with van der Waals surface area (Å²) in [5, 5.41) is 23.8. The van der Waals surface area contributed by atoms with Gasteiger partial charge in [0.15, 0.2) is 0 Å². The number of rotatable bonds is 10. The number of aliphatic hydroxyl groups is 1. The first-order valence-corrected chi connectivity index (χ1v) is 13.9. The number of aliphatic hydroxyl groups excluding tert-OH is 1. The minimum absolute atomic E-state index is 0.0680. The van der Waals surface area contributed by atoms with Gasteiger partial charge in [-0.15, -0.1) is 5.10 Å². The zero-order valence-corrected chi connectivity index (χ0v) is 22.5. The van der Waals surface area contributed by atoms with Gasteiger partial charge in [0, 0.05) is 19.7 Å². The Morgan fingerprint density at radius 3 is 2.62 bits per heavy atom. The second kappa shape index (κ2) is 10.3. The molecule has 4 heterocycles. The standard InChI is InChI=1S/C29H34N6O5/c1-2-28-13-14-29(40-28)23(22(28)25(37)30-17-19-9-4-3-5-10-19)27(39)34(15-8-16-36)24(29)26(38)31-18-35-21-12-7-6-11-20(21)32-33-35/h3-7,9-12,22-24,36H,2,8,13-18H2,1H3,(H,30,37)(H,31,38)/t22-,23-,24?,28+,29?/m0/s1. The number of ether oxygens (including phenoxy) is 1. The summed E-state index contributed by atoms with van der Waals surface area (Å²) in [7, 11) is 0. The average Bonchev–Trinajstić information content (AvgIpc) is 3.71. The van der Waals surface area contributed by atoms with Crippen molar-refractivity contribution in [3.05, 3.63) is 60.2 Å². The van der Waals surface area contributed by atoms with Crippen LogP contribution in [0, 0.1) is 11.8 Å². The lowest BCUT2D eigenvalue weighted by Gasteiger charge is -2.34. The van der Waals surface area contributed by atoms with Crippen LogP contribution >= 0.6 is 0 Å². The minimum Gasteiger partial charge on any atom is -0.396 e. The van der Waals surface area contributed by atoms with Crippen molar-refractivity contribution in [2.75, 3.05) is 13.2 Å². The largest absolute Gasteiger partial charge is 0.396 e. The van der Waals surface area contributed by atoms with Crippen molar-refractivity contribution in [2.24, 2.45) is 11.8 Å². The van der Waals surface area contributed by atoms with Crippen molar-refractivity contribution in [3.8, 4) is 0 Å². The summed E-state index contributed by atoms with van der Waals surface area (Å²) in [6.07, 6.45) is 1.95. The van der Waals surface area contributed by atoms with Crippen molar-refractivity contribution < 1.29 is 24.2 Å². The van der Waals surface area contributed by atoms with Crippen LogP contribution in [0.25, 0.3) is 11.0 Å². The van der Waals surface area contributed by atoms with Crippen molar-refractivity contribution >= 4 is 28.8 Å². The lowest BCUT2D eigenvalue weighted by atomic mass is 9.65. The molecular weight excluding hydrogens is 512 g/mol. The number of hydrogen-bond acceptors (Lipinski definition) is 7. The van der Waals surface area contributed by atoms with Gasteiger partial charge in [-0.25, -0.2) is 4.68 Å². The first-order chi connectivity index (χ1) is 19.4. The molecule has 3 aliphatic heterocycles. The molecule has 2 unspecified atom stereocenters. The Hall–Kier alpha value is -3.83. The molecule has 11 heteroatoms. The van der Waals surface area contributed by atoms with E-state index in [1.165, 1.54) is 4.90 Å². The minimum atomic E-state index is -1.12. The van der Waals surface area contributed by atoms with Crippen LogP contribution in [0.5, 0.6) is 0 Å². The molecule has 0 radical (unpaired) electrons. The number of benzene rings is 2. The van der Waals surface area contributed by atoms with E-state index in [1.807, 2.05) is 61.5 Å². The Labute approximate surface area is 231 Å². The van der Waals surface area contributed by atoms with E-state index in [1.54, 1.807) is 4.68 Å². The number of para-hydroxylation sites is 1. The third-order valence-electron chi connectivity index (χ3n) is 8.90. The molecule has 0 saturated carbocycles. The number of amides is 3. The summed E-state index contributed by atoms with van der Waals surface area (Å²) < 4.78 is 8.34. The number of likely N-dealkylation sites (tertiary alicyclic amines) is 1. The van der Waals surface area contributed by atoms with Crippen molar-refractivity contribution in [3.63, 3.8) is 0 Å². The number of fused-ring (bicyclic) bond motifs is 2. The highest BCUT2D eigenvalue weighted by Crippen LogP contribution is 2.64. The Kier molecular flexibility index (Phi) is 6.79. The fraction of sp³-hybridized carbons (Fsp3) is 0.483. The fourth-order valence-corrected chi connectivity index (χ4v) is 7.08. The Morgan fingerprint density at radius 1 is 1.07 bits per heavy atom. The van der Waals surface area contributed by atoms with Crippen LogP contribution in [0.3, 0.4) is 0 Å². The van der Waals surface area contributed by atoms with Gasteiger partial charge in [-0.2, -0.15) is 0 Å². The second-order valence-corrected chi connectivity index (χ2v) is 10.9. The molecule has 3 fully saturated rings. The molecule has 1 spiro atoms. The van der Waals surface area contributed by atoms with Crippen LogP contribution in [0.15, 0.2) is 54.6 Å². The maximum absolute atomic E-state index is 14.0. The Morgan fingerprint density at radius 2 is 1.85 bits per heavy atom.